The molecule has 2 heterocycles. The zero-order chi connectivity index (χ0) is 37.0. The summed E-state index contributed by atoms with van der Waals surface area (Å²) < 4.78 is 14.5. The minimum absolute atomic E-state index is 0.0116. The van der Waals surface area contributed by atoms with Crippen LogP contribution in [0.15, 0.2) is 0 Å². The number of amides is 6. The maximum absolute atomic E-state index is 14.5. The fourth-order valence-electron chi connectivity index (χ4n) is 7.41. The molecule has 50 heavy (non-hydrogen) atoms. The average molecular weight is 721 g/mol. The van der Waals surface area contributed by atoms with E-state index in [0.29, 0.717) is 38.0 Å². The van der Waals surface area contributed by atoms with Crippen molar-refractivity contribution in [3.63, 3.8) is 0 Å². The molecule has 0 aromatic carbocycles. The summed E-state index contributed by atoms with van der Waals surface area (Å²) in [6.45, 7) is 13.9. The number of nitrogens with one attached hydrogen (secondary N) is 4. The molecule has 4 aliphatic rings. The number of Topliss-reactive ketones (excluding diaryl/α,β-unsaturated/α-hetero) is 1. The molecule has 4 fully saturated rings. The van der Waals surface area contributed by atoms with Crippen molar-refractivity contribution in [2.75, 3.05) is 18.8 Å². The van der Waals surface area contributed by atoms with Gasteiger partial charge in [0.2, 0.25) is 23.5 Å². The number of carbonyl (C=O) groups is 6. The smallest absolute Gasteiger partial charge is 0.315 e. The number of urea groups is 1. The molecule has 6 amide bonds. The van der Waals surface area contributed by atoms with Crippen LogP contribution in [-0.4, -0.2) is 97.9 Å². The van der Waals surface area contributed by atoms with E-state index in [-0.39, 0.29) is 36.2 Å². The number of nitrogens with zero attached hydrogens (tertiary/aromatic N) is 2. The van der Waals surface area contributed by atoms with E-state index < -0.39 is 69.6 Å². The predicted octanol–water partition coefficient (Wildman–Crippen LogP) is 3.09. The molecule has 2 unspecified atom stereocenters. The molecule has 13 nitrogen and oxygen atoms in total. The van der Waals surface area contributed by atoms with Crippen LogP contribution in [0.3, 0.4) is 0 Å². The Hall–Kier alpha value is -3.03. The van der Waals surface area contributed by atoms with Gasteiger partial charge in [0.1, 0.15) is 23.1 Å². The topological polar surface area (TPSA) is 174 Å². The molecule has 2 aliphatic carbocycles. The molecular weight excluding hydrogens is 660 g/mol. The summed E-state index contributed by atoms with van der Waals surface area (Å²) >= 11 is 0. The first-order chi connectivity index (χ1) is 23.3. The molecule has 2 aliphatic heterocycles. The van der Waals surface area contributed by atoms with Gasteiger partial charge in [0, 0.05) is 24.8 Å². The summed E-state index contributed by atoms with van der Waals surface area (Å²) in [7, 11) is -1.53. The summed E-state index contributed by atoms with van der Waals surface area (Å²) in [4.78, 5) is 82.1. The molecule has 4 rings (SSSR count). The van der Waals surface area contributed by atoms with Gasteiger partial charge in [-0.3, -0.25) is 28.3 Å². The van der Waals surface area contributed by atoms with Crippen molar-refractivity contribution in [2.45, 2.75) is 156 Å². The van der Waals surface area contributed by atoms with Crippen LogP contribution >= 0.6 is 0 Å². The zero-order valence-corrected chi connectivity index (χ0v) is 32.0. The van der Waals surface area contributed by atoms with Crippen molar-refractivity contribution in [3.05, 3.63) is 0 Å². The van der Waals surface area contributed by atoms with E-state index in [9.17, 15) is 33.0 Å². The van der Waals surface area contributed by atoms with Crippen molar-refractivity contribution in [2.24, 2.45) is 16.2 Å². The number of rotatable bonds is 13. The standard InChI is InChI=1S/C36H60N6O7S/c1-8-13-24(28(44)31(46)37-23-15-16-23)38-30(45)25-14-12-19-41(25)32(47)29(36(7)17-10-9-11-18-36)40-33(48)39-26(34(2,3)4)21-42-27(43)20-35(5,6)22-50(42)49/h23-26,29H,8-22H2,1-7H3,(H,37,46)(H,38,45)(H2,39,40,48)/t24?,25-,26+,29+,50?/m0/s1. The van der Waals surface area contributed by atoms with Gasteiger partial charge in [0.25, 0.3) is 5.91 Å². The second-order valence-corrected chi connectivity index (χ2v) is 18.5. The lowest BCUT2D eigenvalue weighted by Crippen LogP contribution is -2.63. The lowest BCUT2D eigenvalue weighted by atomic mass is 9.70. The maximum Gasteiger partial charge on any atom is 0.315 e. The number of ketones is 1. The van der Waals surface area contributed by atoms with Crippen LogP contribution in [0.2, 0.25) is 0 Å². The zero-order valence-electron chi connectivity index (χ0n) is 31.2. The van der Waals surface area contributed by atoms with Gasteiger partial charge in [-0.25, -0.2) is 9.00 Å². The van der Waals surface area contributed by atoms with Gasteiger partial charge in [-0.15, -0.1) is 0 Å². The van der Waals surface area contributed by atoms with Gasteiger partial charge in [-0.2, -0.15) is 0 Å². The van der Waals surface area contributed by atoms with Crippen LogP contribution in [0.4, 0.5) is 4.79 Å². The van der Waals surface area contributed by atoms with Crippen molar-refractivity contribution in [3.8, 4) is 0 Å². The molecule has 0 bridgehead atoms. The van der Waals surface area contributed by atoms with E-state index in [0.717, 1.165) is 44.9 Å². The molecule has 282 valence electrons. The Bertz CT molecular complexity index is 1320. The van der Waals surface area contributed by atoms with Gasteiger partial charge in [0.05, 0.1) is 18.6 Å². The normalized spacial score (nSPS) is 25.2. The van der Waals surface area contributed by atoms with E-state index in [2.05, 4.69) is 21.3 Å². The summed E-state index contributed by atoms with van der Waals surface area (Å²) in [5.74, 6) is -2.07. The van der Waals surface area contributed by atoms with Crippen LogP contribution in [0.5, 0.6) is 0 Å². The molecule has 14 heteroatoms. The number of likely N-dealkylation sites (tertiary alicyclic amines) is 1. The minimum atomic E-state index is -1.53. The molecule has 0 spiro atoms. The second-order valence-electron chi connectivity index (χ2n) is 17.1. The molecule has 2 saturated carbocycles. The van der Waals surface area contributed by atoms with Crippen LogP contribution in [0.25, 0.3) is 0 Å². The molecule has 2 saturated heterocycles. The fraction of sp³-hybridized carbons (Fsp3) is 0.833. The van der Waals surface area contributed by atoms with Crippen molar-refractivity contribution in [1.82, 2.24) is 30.5 Å². The molecule has 4 N–H and O–H groups in total. The summed E-state index contributed by atoms with van der Waals surface area (Å²) in [6.07, 6.45) is 8.08. The lowest BCUT2D eigenvalue weighted by molar-refractivity contribution is -0.144. The van der Waals surface area contributed by atoms with Gasteiger partial charge in [-0.1, -0.05) is 74.1 Å². The SMILES string of the molecule is CCCC(NC(=O)[C@@H]1CCCN1C(=O)[C@@H](NC(=O)N[C@H](CN1C(=O)CC(C)(C)CS1=O)C(C)(C)C)C1(C)CCCCC1)C(=O)C(=O)NC1CC1. The molecule has 5 atom stereocenters. The number of hydrogen-bond acceptors (Lipinski definition) is 7. The lowest BCUT2D eigenvalue weighted by Gasteiger charge is -2.43. The average Bonchev–Trinajstić information content (AvgIpc) is 3.69. The summed E-state index contributed by atoms with van der Waals surface area (Å²) in [5.41, 5.74) is -1.45. The Morgan fingerprint density at radius 2 is 1.60 bits per heavy atom. The van der Waals surface area contributed by atoms with E-state index in [1.807, 2.05) is 48.5 Å². The molecular formula is C36H60N6O7S. The maximum atomic E-state index is 14.5. The van der Waals surface area contributed by atoms with Crippen molar-refractivity contribution >= 4 is 46.4 Å². The quantitative estimate of drug-likeness (QED) is 0.212. The van der Waals surface area contributed by atoms with E-state index in [4.69, 9.17) is 0 Å². The first-order valence-electron chi connectivity index (χ1n) is 18.6. The second kappa shape index (κ2) is 16.1. The highest BCUT2D eigenvalue weighted by molar-refractivity contribution is 7.83. The van der Waals surface area contributed by atoms with Gasteiger partial charge in [-0.05, 0) is 61.2 Å². The number of hydrogen-bond donors (Lipinski definition) is 4. The van der Waals surface area contributed by atoms with Gasteiger partial charge >= 0.3 is 6.03 Å². The minimum Gasteiger partial charge on any atom is -0.347 e. The Balaban J connectivity index is 1.50. The molecule has 0 aromatic heterocycles. The third kappa shape index (κ3) is 10.1. The fourth-order valence-corrected chi connectivity index (χ4v) is 8.94. The van der Waals surface area contributed by atoms with E-state index >= 15 is 0 Å². The Labute approximate surface area is 300 Å². The first-order valence-corrected chi connectivity index (χ1v) is 19.8. The van der Waals surface area contributed by atoms with Crippen LogP contribution in [0.1, 0.15) is 126 Å². The van der Waals surface area contributed by atoms with Crippen molar-refractivity contribution < 1.29 is 33.0 Å². The van der Waals surface area contributed by atoms with E-state index in [1.165, 1.54) is 9.21 Å². The van der Waals surface area contributed by atoms with Gasteiger partial charge < -0.3 is 26.2 Å². The van der Waals surface area contributed by atoms with Gasteiger partial charge in [0.15, 0.2) is 0 Å². The summed E-state index contributed by atoms with van der Waals surface area (Å²) in [5, 5.41) is 11.5. The highest BCUT2D eigenvalue weighted by atomic mass is 32.2. The highest BCUT2D eigenvalue weighted by Crippen LogP contribution is 2.40. The molecule has 0 radical (unpaired) electrons. The molecule has 0 aromatic rings. The van der Waals surface area contributed by atoms with E-state index in [1.54, 1.807) is 0 Å². The number of carbonyl (C=O) groups excluding carboxylic acids is 6. The highest BCUT2D eigenvalue weighted by Gasteiger charge is 2.47. The van der Waals surface area contributed by atoms with Crippen LogP contribution in [-0.2, 0) is 35.0 Å². The first kappa shape index (κ1) is 39.8. The Morgan fingerprint density at radius 1 is 0.940 bits per heavy atom. The third-order valence-electron chi connectivity index (χ3n) is 10.8. The summed E-state index contributed by atoms with van der Waals surface area (Å²) in [6, 6.07) is -3.88. The van der Waals surface area contributed by atoms with Crippen LogP contribution in [0, 0.1) is 16.2 Å². The Morgan fingerprint density at radius 3 is 2.18 bits per heavy atom. The predicted molar refractivity (Wildman–Crippen MR) is 191 cm³/mol. The van der Waals surface area contributed by atoms with Crippen molar-refractivity contribution in [1.29, 1.82) is 0 Å². The largest absolute Gasteiger partial charge is 0.347 e. The van der Waals surface area contributed by atoms with Crippen LogP contribution < -0.4 is 21.3 Å². The Kier molecular flexibility index (Phi) is 12.8. The third-order valence-corrected chi connectivity index (χ3v) is 12.6. The monoisotopic (exact) mass is 720 g/mol.